The summed E-state index contributed by atoms with van der Waals surface area (Å²) in [4.78, 5) is 11.5. The Morgan fingerprint density at radius 2 is 1.81 bits per heavy atom. The van der Waals surface area contributed by atoms with Gasteiger partial charge in [-0.1, -0.05) is 30.3 Å². The molecule has 0 aliphatic heterocycles. The van der Waals surface area contributed by atoms with Crippen LogP contribution in [0.3, 0.4) is 0 Å². The fourth-order valence-corrected chi connectivity index (χ4v) is 1.84. The van der Waals surface area contributed by atoms with Gasteiger partial charge in [-0.25, -0.2) is 4.39 Å². The standard InChI is InChI=1S/C17H17FO3/c18-15-6-4-5-14(13-15)9-10-17(19)21-12-11-20-16-7-2-1-3-8-16/h1-8,13H,9-12H2. The van der Waals surface area contributed by atoms with Crippen LogP contribution in [0.15, 0.2) is 54.6 Å². The third kappa shape index (κ3) is 5.65. The van der Waals surface area contributed by atoms with Gasteiger partial charge in [-0.15, -0.1) is 0 Å². The fourth-order valence-electron chi connectivity index (χ4n) is 1.84. The molecule has 0 N–H and O–H groups in total. The molecule has 0 saturated carbocycles. The van der Waals surface area contributed by atoms with Crippen molar-refractivity contribution in [3.8, 4) is 5.75 Å². The lowest BCUT2D eigenvalue weighted by atomic mass is 10.1. The molecule has 110 valence electrons. The average molecular weight is 288 g/mol. The number of para-hydroxylation sites is 1. The third-order valence-electron chi connectivity index (χ3n) is 2.87. The van der Waals surface area contributed by atoms with Crippen molar-refractivity contribution >= 4 is 5.97 Å². The first-order valence-corrected chi connectivity index (χ1v) is 6.82. The van der Waals surface area contributed by atoms with Crippen molar-refractivity contribution in [2.24, 2.45) is 0 Å². The van der Waals surface area contributed by atoms with Gasteiger partial charge in [-0.2, -0.15) is 0 Å². The second kappa shape index (κ2) is 8.04. The van der Waals surface area contributed by atoms with E-state index in [9.17, 15) is 9.18 Å². The molecule has 0 aliphatic rings. The zero-order chi connectivity index (χ0) is 14.9. The molecule has 0 spiro atoms. The Hall–Kier alpha value is -2.36. The maximum atomic E-state index is 13.0. The molecule has 3 nitrogen and oxygen atoms in total. The normalized spacial score (nSPS) is 10.1. The van der Waals surface area contributed by atoms with Crippen LogP contribution >= 0.6 is 0 Å². The van der Waals surface area contributed by atoms with E-state index in [2.05, 4.69) is 0 Å². The Bertz CT molecular complexity index is 569. The van der Waals surface area contributed by atoms with Crippen molar-refractivity contribution < 1.29 is 18.7 Å². The molecule has 0 unspecified atom stereocenters. The molecule has 0 aliphatic carbocycles. The smallest absolute Gasteiger partial charge is 0.306 e. The predicted octanol–water partition coefficient (Wildman–Crippen LogP) is 3.38. The number of aryl methyl sites for hydroxylation is 1. The van der Waals surface area contributed by atoms with Crippen molar-refractivity contribution in [2.45, 2.75) is 12.8 Å². The number of ether oxygens (including phenoxy) is 2. The van der Waals surface area contributed by atoms with Gasteiger partial charge in [0.1, 0.15) is 24.8 Å². The summed E-state index contributed by atoms with van der Waals surface area (Å²) in [6.45, 7) is 0.520. The molecule has 0 bridgehead atoms. The second-order valence-corrected chi connectivity index (χ2v) is 4.51. The van der Waals surface area contributed by atoms with Crippen molar-refractivity contribution in [3.63, 3.8) is 0 Å². The molecule has 21 heavy (non-hydrogen) atoms. The number of benzene rings is 2. The van der Waals surface area contributed by atoms with Crippen LogP contribution in [0.1, 0.15) is 12.0 Å². The summed E-state index contributed by atoms with van der Waals surface area (Å²) in [6.07, 6.45) is 0.699. The highest BCUT2D eigenvalue weighted by Gasteiger charge is 2.04. The number of halogens is 1. The molecule has 4 heteroatoms. The van der Waals surface area contributed by atoms with Gasteiger partial charge in [-0.05, 0) is 36.2 Å². The number of hydrogen-bond donors (Lipinski definition) is 0. The second-order valence-electron chi connectivity index (χ2n) is 4.51. The van der Waals surface area contributed by atoms with Gasteiger partial charge < -0.3 is 9.47 Å². The maximum Gasteiger partial charge on any atom is 0.306 e. The molecule has 0 saturated heterocycles. The highest BCUT2D eigenvalue weighted by atomic mass is 19.1. The van der Waals surface area contributed by atoms with E-state index < -0.39 is 0 Å². The van der Waals surface area contributed by atoms with E-state index in [1.807, 2.05) is 30.3 Å². The summed E-state index contributed by atoms with van der Waals surface area (Å²) < 4.78 is 23.4. The van der Waals surface area contributed by atoms with Gasteiger partial charge in [0.2, 0.25) is 0 Å². The molecule has 2 aromatic rings. The predicted molar refractivity (Wildman–Crippen MR) is 77.6 cm³/mol. The van der Waals surface area contributed by atoms with Crippen molar-refractivity contribution in [1.29, 1.82) is 0 Å². The average Bonchev–Trinajstić information content (AvgIpc) is 2.51. The van der Waals surface area contributed by atoms with Crippen molar-refractivity contribution in [1.82, 2.24) is 0 Å². The topological polar surface area (TPSA) is 35.5 Å². The molecule has 0 atom stereocenters. The summed E-state index contributed by atoms with van der Waals surface area (Å²) in [5.41, 5.74) is 0.785. The fraction of sp³-hybridized carbons (Fsp3) is 0.235. The number of carbonyl (C=O) groups excluding carboxylic acids is 1. The Kier molecular flexibility index (Phi) is 5.76. The molecular formula is C17H17FO3. The van der Waals surface area contributed by atoms with Gasteiger partial charge in [0.25, 0.3) is 0 Å². The third-order valence-corrected chi connectivity index (χ3v) is 2.87. The molecule has 0 amide bonds. The minimum atomic E-state index is -0.309. The lowest BCUT2D eigenvalue weighted by Crippen LogP contribution is -2.12. The highest BCUT2D eigenvalue weighted by Crippen LogP contribution is 2.08. The summed E-state index contributed by atoms with van der Waals surface area (Å²) in [5, 5.41) is 0. The van der Waals surface area contributed by atoms with E-state index in [0.29, 0.717) is 13.0 Å². The Balaban J connectivity index is 1.62. The molecule has 0 radical (unpaired) electrons. The summed E-state index contributed by atoms with van der Waals surface area (Å²) >= 11 is 0. The lowest BCUT2D eigenvalue weighted by molar-refractivity contribution is -0.144. The van der Waals surface area contributed by atoms with Gasteiger partial charge in [0.15, 0.2) is 0 Å². The van der Waals surface area contributed by atoms with Crippen LogP contribution in [0.4, 0.5) is 4.39 Å². The quantitative estimate of drug-likeness (QED) is 0.579. The van der Waals surface area contributed by atoms with Gasteiger partial charge >= 0.3 is 5.97 Å². The first kappa shape index (κ1) is 15.0. The minimum Gasteiger partial charge on any atom is -0.490 e. The van der Waals surface area contributed by atoms with Crippen LogP contribution in [-0.4, -0.2) is 19.2 Å². The zero-order valence-corrected chi connectivity index (χ0v) is 11.6. The van der Waals surface area contributed by atoms with E-state index in [1.165, 1.54) is 12.1 Å². The van der Waals surface area contributed by atoms with Gasteiger partial charge in [0.05, 0.1) is 0 Å². The lowest BCUT2D eigenvalue weighted by Gasteiger charge is -2.07. The highest BCUT2D eigenvalue weighted by molar-refractivity contribution is 5.69. The van der Waals surface area contributed by atoms with E-state index in [1.54, 1.807) is 12.1 Å². The SMILES string of the molecule is O=C(CCc1cccc(F)c1)OCCOc1ccccc1. The first-order chi connectivity index (χ1) is 10.2. The molecule has 0 fully saturated rings. The Labute approximate surface area is 123 Å². The Morgan fingerprint density at radius 1 is 1.00 bits per heavy atom. The van der Waals surface area contributed by atoms with E-state index in [4.69, 9.17) is 9.47 Å². The number of hydrogen-bond acceptors (Lipinski definition) is 3. The van der Waals surface area contributed by atoms with E-state index >= 15 is 0 Å². The van der Waals surface area contributed by atoms with Crippen molar-refractivity contribution in [3.05, 3.63) is 66.0 Å². The molecule has 2 aromatic carbocycles. The Morgan fingerprint density at radius 3 is 2.57 bits per heavy atom. The van der Waals surface area contributed by atoms with Crippen LogP contribution in [0.2, 0.25) is 0 Å². The number of rotatable bonds is 7. The van der Waals surface area contributed by atoms with Gasteiger partial charge in [-0.3, -0.25) is 4.79 Å². The summed E-state index contributed by atoms with van der Waals surface area (Å²) in [7, 11) is 0. The number of esters is 1. The molecule has 0 aromatic heterocycles. The van der Waals surface area contributed by atoms with Gasteiger partial charge in [0, 0.05) is 6.42 Å². The van der Waals surface area contributed by atoms with Crippen LogP contribution in [0.25, 0.3) is 0 Å². The van der Waals surface area contributed by atoms with Crippen molar-refractivity contribution in [2.75, 3.05) is 13.2 Å². The van der Waals surface area contributed by atoms with Crippen LogP contribution in [-0.2, 0) is 16.0 Å². The summed E-state index contributed by atoms with van der Waals surface area (Å²) in [6, 6.07) is 15.5. The molecular weight excluding hydrogens is 271 g/mol. The number of carbonyl (C=O) groups is 1. The summed E-state index contributed by atoms with van der Waals surface area (Å²) in [5.74, 6) is 0.140. The monoisotopic (exact) mass is 288 g/mol. The van der Waals surface area contributed by atoms with Crippen LogP contribution in [0, 0.1) is 5.82 Å². The zero-order valence-electron chi connectivity index (χ0n) is 11.6. The van der Waals surface area contributed by atoms with E-state index in [-0.39, 0.29) is 24.8 Å². The molecule has 2 rings (SSSR count). The van der Waals surface area contributed by atoms with Crippen LogP contribution in [0.5, 0.6) is 5.75 Å². The molecule has 0 heterocycles. The van der Waals surface area contributed by atoms with Crippen LogP contribution < -0.4 is 4.74 Å². The minimum absolute atomic E-state index is 0.205. The van der Waals surface area contributed by atoms with E-state index in [0.717, 1.165) is 11.3 Å². The first-order valence-electron chi connectivity index (χ1n) is 6.82. The maximum absolute atomic E-state index is 13.0. The largest absolute Gasteiger partial charge is 0.490 e.